The van der Waals surface area contributed by atoms with Crippen molar-refractivity contribution in [3.63, 3.8) is 0 Å². The van der Waals surface area contributed by atoms with Gasteiger partial charge in [-0.25, -0.2) is 4.98 Å². The predicted octanol–water partition coefficient (Wildman–Crippen LogP) is 4.28. The minimum Gasteiger partial charge on any atom is -0.360 e. The van der Waals surface area contributed by atoms with Crippen molar-refractivity contribution in [2.75, 3.05) is 16.8 Å². The SMILES string of the molecule is O=C(Nc1nc(C2CC2)cs1)C1CCCN1c1ccc(Cl)cc1. The quantitative estimate of drug-likeness (QED) is 0.897. The van der Waals surface area contributed by atoms with Crippen LogP contribution in [0.2, 0.25) is 5.02 Å². The van der Waals surface area contributed by atoms with Crippen molar-refractivity contribution < 1.29 is 4.79 Å². The lowest BCUT2D eigenvalue weighted by molar-refractivity contribution is -0.117. The number of nitrogens with zero attached hydrogens (tertiary/aromatic N) is 2. The van der Waals surface area contributed by atoms with E-state index in [1.807, 2.05) is 24.3 Å². The highest BCUT2D eigenvalue weighted by molar-refractivity contribution is 7.13. The molecule has 1 aliphatic heterocycles. The van der Waals surface area contributed by atoms with Crippen molar-refractivity contribution in [3.05, 3.63) is 40.4 Å². The summed E-state index contributed by atoms with van der Waals surface area (Å²) in [5.74, 6) is 0.656. The molecule has 2 heterocycles. The fraction of sp³-hybridized carbons (Fsp3) is 0.412. The van der Waals surface area contributed by atoms with Crippen molar-refractivity contribution in [1.82, 2.24) is 4.98 Å². The summed E-state index contributed by atoms with van der Waals surface area (Å²) < 4.78 is 0. The van der Waals surface area contributed by atoms with Crippen LogP contribution in [0.4, 0.5) is 10.8 Å². The highest BCUT2D eigenvalue weighted by atomic mass is 35.5. The summed E-state index contributed by atoms with van der Waals surface area (Å²) in [4.78, 5) is 19.3. The summed E-state index contributed by atoms with van der Waals surface area (Å²) in [5, 5.41) is 6.50. The molecule has 0 bridgehead atoms. The van der Waals surface area contributed by atoms with E-state index >= 15 is 0 Å². The van der Waals surface area contributed by atoms with Gasteiger partial charge in [0.25, 0.3) is 0 Å². The van der Waals surface area contributed by atoms with Crippen molar-refractivity contribution in [1.29, 1.82) is 0 Å². The number of amides is 1. The number of carbonyl (C=O) groups is 1. The van der Waals surface area contributed by atoms with Gasteiger partial charge in [-0.05, 0) is 49.9 Å². The average Bonchev–Trinajstić information content (AvgIpc) is 3.09. The number of nitrogens with one attached hydrogen (secondary N) is 1. The van der Waals surface area contributed by atoms with Gasteiger partial charge in [-0.3, -0.25) is 4.79 Å². The van der Waals surface area contributed by atoms with Crippen LogP contribution in [-0.2, 0) is 4.79 Å². The van der Waals surface area contributed by atoms with Crippen molar-refractivity contribution in [3.8, 4) is 0 Å². The summed E-state index contributed by atoms with van der Waals surface area (Å²) in [6.45, 7) is 0.894. The number of rotatable bonds is 4. The van der Waals surface area contributed by atoms with E-state index in [9.17, 15) is 4.79 Å². The Bertz CT molecular complexity index is 711. The number of hydrogen-bond donors (Lipinski definition) is 1. The Morgan fingerprint density at radius 3 is 2.78 bits per heavy atom. The van der Waals surface area contributed by atoms with Gasteiger partial charge in [-0.2, -0.15) is 0 Å². The van der Waals surface area contributed by atoms with Crippen molar-refractivity contribution >= 4 is 39.7 Å². The molecule has 2 aromatic rings. The molecule has 1 aromatic heterocycles. The molecular weight excluding hydrogens is 330 g/mol. The molecule has 1 saturated carbocycles. The first kappa shape index (κ1) is 15.0. The topological polar surface area (TPSA) is 45.2 Å². The Hall–Kier alpha value is -1.59. The fourth-order valence-electron chi connectivity index (χ4n) is 3.08. The third kappa shape index (κ3) is 3.21. The predicted molar refractivity (Wildman–Crippen MR) is 94.5 cm³/mol. The number of hydrogen-bond acceptors (Lipinski definition) is 4. The molecule has 1 saturated heterocycles. The third-order valence-electron chi connectivity index (χ3n) is 4.46. The molecule has 120 valence electrons. The molecule has 6 heteroatoms. The monoisotopic (exact) mass is 347 g/mol. The van der Waals surface area contributed by atoms with E-state index in [4.69, 9.17) is 11.6 Å². The molecular formula is C17H18ClN3OS. The highest BCUT2D eigenvalue weighted by Gasteiger charge is 2.32. The molecule has 1 N–H and O–H groups in total. The largest absolute Gasteiger partial charge is 0.360 e. The Labute approximate surface area is 144 Å². The van der Waals surface area contributed by atoms with Gasteiger partial charge >= 0.3 is 0 Å². The molecule has 4 nitrogen and oxygen atoms in total. The lowest BCUT2D eigenvalue weighted by Gasteiger charge is -2.25. The molecule has 23 heavy (non-hydrogen) atoms. The van der Waals surface area contributed by atoms with E-state index in [2.05, 4.69) is 20.6 Å². The first-order valence-electron chi connectivity index (χ1n) is 7.99. The Balaban J connectivity index is 1.46. The third-order valence-corrected chi connectivity index (χ3v) is 5.49. The molecule has 0 spiro atoms. The molecule has 2 aliphatic rings. The maximum atomic E-state index is 12.6. The Kier molecular flexibility index (Phi) is 3.99. The van der Waals surface area contributed by atoms with Crippen LogP contribution in [0.5, 0.6) is 0 Å². The zero-order chi connectivity index (χ0) is 15.8. The van der Waals surface area contributed by atoms with Crippen LogP contribution in [0.25, 0.3) is 0 Å². The summed E-state index contributed by atoms with van der Waals surface area (Å²) in [6, 6.07) is 7.55. The second kappa shape index (κ2) is 6.13. The van der Waals surface area contributed by atoms with E-state index in [0.29, 0.717) is 10.9 Å². The first-order chi connectivity index (χ1) is 11.2. The summed E-state index contributed by atoms with van der Waals surface area (Å²) in [7, 11) is 0. The van der Waals surface area contributed by atoms with Gasteiger partial charge in [0.05, 0.1) is 5.69 Å². The average molecular weight is 348 g/mol. The highest BCUT2D eigenvalue weighted by Crippen LogP contribution is 2.41. The minimum atomic E-state index is -0.135. The molecule has 2 fully saturated rings. The molecule has 4 rings (SSSR count). The van der Waals surface area contributed by atoms with E-state index in [0.717, 1.165) is 35.9 Å². The van der Waals surface area contributed by atoms with Crippen LogP contribution in [0.1, 0.15) is 37.3 Å². The van der Waals surface area contributed by atoms with E-state index < -0.39 is 0 Å². The lowest BCUT2D eigenvalue weighted by atomic mass is 10.2. The number of carbonyl (C=O) groups excluding carboxylic acids is 1. The van der Waals surface area contributed by atoms with Crippen LogP contribution >= 0.6 is 22.9 Å². The zero-order valence-corrected chi connectivity index (χ0v) is 14.2. The minimum absolute atomic E-state index is 0.0362. The van der Waals surface area contributed by atoms with Gasteiger partial charge in [-0.1, -0.05) is 11.6 Å². The van der Waals surface area contributed by atoms with Crippen LogP contribution < -0.4 is 10.2 Å². The first-order valence-corrected chi connectivity index (χ1v) is 9.25. The standard InChI is InChI=1S/C17H18ClN3OS/c18-12-5-7-13(8-6-12)21-9-1-2-15(21)16(22)20-17-19-14(10-23-17)11-3-4-11/h5-8,10-11,15H,1-4,9H2,(H,19,20,22). The van der Waals surface area contributed by atoms with Crippen molar-refractivity contribution in [2.24, 2.45) is 0 Å². The van der Waals surface area contributed by atoms with Gasteiger partial charge in [0.15, 0.2) is 5.13 Å². The summed E-state index contributed by atoms with van der Waals surface area (Å²) in [5.41, 5.74) is 2.18. The normalized spacial score (nSPS) is 20.7. The lowest BCUT2D eigenvalue weighted by Crippen LogP contribution is -2.39. The molecule has 1 aliphatic carbocycles. The molecule has 1 aromatic carbocycles. The molecule has 1 amide bonds. The van der Waals surface area contributed by atoms with Gasteiger partial charge in [0.2, 0.25) is 5.91 Å². The molecule has 0 radical (unpaired) electrons. The van der Waals surface area contributed by atoms with E-state index in [1.54, 1.807) is 0 Å². The Morgan fingerprint density at radius 2 is 2.04 bits per heavy atom. The van der Waals surface area contributed by atoms with Gasteiger partial charge in [0, 0.05) is 28.6 Å². The Morgan fingerprint density at radius 1 is 1.26 bits per heavy atom. The smallest absolute Gasteiger partial charge is 0.248 e. The van der Waals surface area contributed by atoms with Crippen LogP contribution in [0.3, 0.4) is 0 Å². The van der Waals surface area contributed by atoms with Crippen LogP contribution in [0, 0.1) is 0 Å². The van der Waals surface area contributed by atoms with Crippen molar-refractivity contribution in [2.45, 2.75) is 37.6 Å². The maximum absolute atomic E-state index is 12.6. The van der Waals surface area contributed by atoms with Gasteiger partial charge in [0.1, 0.15) is 6.04 Å². The number of aromatic nitrogens is 1. The number of thiazole rings is 1. The van der Waals surface area contributed by atoms with E-state index in [-0.39, 0.29) is 11.9 Å². The number of halogens is 1. The number of anilines is 2. The summed E-state index contributed by atoms with van der Waals surface area (Å²) >= 11 is 7.48. The number of benzene rings is 1. The second-order valence-electron chi connectivity index (χ2n) is 6.17. The molecule has 1 atom stereocenters. The zero-order valence-electron chi connectivity index (χ0n) is 12.7. The van der Waals surface area contributed by atoms with Crippen LogP contribution in [0.15, 0.2) is 29.6 Å². The maximum Gasteiger partial charge on any atom is 0.248 e. The second-order valence-corrected chi connectivity index (χ2v) is 7.46. The van der Waals surface area contributed by atoms with Gasteiger partial charge in [-0.15, -0.1) is 11.3 Å². The molecule has 1 unspecified atom stereocenters. The van der Waals surface area contributed by atoms with Gasteiger partial charge < -0.3 is 10.2 Å². The van der Waals surface area contributed by atoms with E-state index in [1.165, 1.54) is 24.2 Å². The van der Waals surface area contributed by atoms with Crippen LogP contribution in [-0.4, -0.2) is 23.5 Å². The fourth-order valence-corrected chi connectivity index (χ4v) is 4.00. The summed E-state index contributed by atoms with van der Waals surface area (Å²) in [6.07, 6.45) is 4.34.